The normalized spacial score (nSPS) is 18.6. The second-order valence-electron chi connectivity index (χ2n) is 5.52. The number of carbonyl (C=O) groups is 2. The minimum Gasteiger partial charge on any atom is -0.481 e. The molecule has 114 valence electrons. The van der Waals surface area contributed by atoms with E-state index in [0.29, 0.717) is 26.2 Å². The lowest BCUT2D eigenvalue weighted by Gasteiger charge is -2.35. The molecule has 1 aromatic carbocycles. The van der Waals surface area contributed by atoms with E-state index in [1.54, 1.807) is 4.90 Å². The Morgan fingerprint density at radius 3 is 2.86 bits per heavy atom. The van der Waals surface area contributed by atoms with Gasteiger partial charge >= 0.3 is 5.97 Å². The first-order chi connectivity index (χ1) is 9.97. The van der Waals surface area contributed by atoms with Gasteiger partial charge in [0.15, 0.2) is 0 Å². The number of benzene rings is 1. The van der Waals surface area contributed by atoms with E-state index in [0.717, 1.165) is 16.7 Å². The minimum absolute atomic E-state index is 0.0294. The molecule has 0 aromatic heterocycles. The van der Waals surface area contributed by atoms with Gasteiger partial charge < -0.3 is 14.7 Å². The molecule has 1 aromatic rings. The quantitative estimate of drug-likeness (QED) is 0.914. The van der Waals surface area contributed by atoms with Crippen molar-refractivity contribution < 1.29 is 19.4 Å². The van der Waals surface area contributed by atoms with Crippen LogP contribution in [0.25, 0.3) is 0 Å². The summed E-state index contributed by atoms with van der Waals surface area (Å²) in [6, 6.07) is 5.67. The molecule has 1 saturated heterocycles. The van der Waals surface area contributed by atoms with Gasteiger partial charge in [-0.25, -0.2) is 0 Å². The number of aliphatic carboxylic acids is 1. The number of ether oxygens (including phenoxy) is 1. The lowest BCUT2D eigenvalue weighted by Crippen LogP contribution is -2.50. The van der Waals surface area contributed by atoms with Crippen molar-refractivity contribution in [2.45, 2.75) is 32.7 Å². The Labute approximate surface area is 124 Å². The lowest BCUT2D eigenvalue weighted by atomic mass is 10.0. The topological polar surface area (TPSA) is 66.8 Å². The molecule has 1 aliphatic rings. The molecule has 1 N–H and O–H groups in total. The third-order valence-corrected chi connectivity index (χ3v) is 3.80. The molecule has 1 fully saturated rings. The fourth-order valence-electron chi connectivity index (χ4n) is 2.61. The molecule has 2 rings (SSSR count). The first-order valence-electron chi connectivity index (χ1n) is 7.12. The van der Waals surface area contributed by atoms with Crippen LogP contribution in [0.15, 0.2) is 18.2 Å². The smallest absolute Gasteiger partial charge is 0.305 e. The van der Waals surface area contributed by atoms with Crippen LogP contribution in [0.3, 0.4) is 0 Å². The number of carbonyl (C=O) groups excluding carboxylic acids is 1. The monoisotopic (exact) mass is 291 g/mol. The molecule has 5 heteroatoms. The summed E-state index contributed by atoms with van der Waals surface area (Å²) < 4.78 is 5.30. The third-order valence-electron chi connectivity index (χ3n) is 3.80. The van der Waals surface area contributed by atoms with Crippen LogP contribution in [0.4, 0.5) is 0 Å². The molecule has 1 aliphatic heterocycles. The molecule has 5 nitrogen and oxygen atoms in total. The van der Waals surface area contributed by atoms with E-state index in [1.807, 2.05) is 32.0 Å². The summed E-state index contributed by atoms with van der Waals surface area (Å²) in [6.45, 7) is 5.20. The number of amides is 1. The zero-order valence-electron chi connectivity index (χ0n) is 12.5. The van der Waals surface area contributed by atoms with Gasteiger partial charge in [-0.3, -0.25) is 9.59 Å². The summed E-state index contributed by atoms with van der Waals surface area (Å²) >= 11 is 0. The second kappa shape index (κ2) is 6.72. The summed E-state index contributed by atoms with van der Waals surface area (Å²) in [7, 11) is 0. The standard InChI is InChI=1S/C16H21NO4/c1-11-3-4-12(2)13(7-11)8-15(18)17-5-6-21-10-14(17)9-16(19)20/h3-4,7,14H,5-6,8-10H2,1-2H3,(H,19,20). The Kier molecular flexibility index (Phi) is 4.96. The van der Waals surface area contributed by atoms with Crippen LogP contribution in [0.2, 0.25) is 0 Å². The highest BCUT2D eigenvalue weighted by molar-refractivity contribution is 5.80. The Bertz CT molecular complexity index is 541. The molecule has 1 amide bonds. The summed E-state index contributed by atoms with van der Waals surface area (Å²) in [5, 5.41) is 8.94. The Balaban J connectivity index is 2.10. The number of morpholine rings is 1. The molecule has 0 aliphatic carbocycles. The van der Waals surface area contributed by atoms with Crippen LogP contribution in [0.5, 0.6) is 0 Å². The Morgan fingerprint density at radius 2 is 2.14 bits per heavy atom. The van der Waals surface area contributed by atoms with Gasteiger partial charge in [0.1, 0.15) is 0 Å². The summed E-state index contributed by atoms with van der Waals surface area (Å²) in [6.07, 6.45) is 0.238. The number of hydrogen-bond acceptors (Lipinski definition) is 3. The number of aryl methyl sites for hydroxylation is 2. The zero-order chi connectivity index (χ0) is 15.4. The summed E-state index contributed by atoms with van der Waals surface area (Å²) in [4.78, 5) is 25.1. The molecule has 1 atom stereocenters. The zero-order valence-corrected chi connectivity index (χ0v) is 12.5. The predicted octanol–water partition coefficient (Wildman–Crippen LogP) is 1.55. The van der Waals surface area contributed by atoms with E-state index >= 15 is 0 Å². The van der Waals surface area contributed by atoms with Crippen molar-refractivity contribution in [1.82, 2.24) is 4.90 Å². The average molecular weight is 291 g/mol. The molecule has 0 saturated carbocycles. The molecule has 0 spiro atoms. The van der Waals surface area contributed by atoms with Crippen molar-refractivity contribution in [2.24, 2.45) is 0 Å². The molecule has 0 radical (unpaired) electrons. The SMILES string of the molecule is Cc1ccc(C)c(CC(=O)N2CCOCC2CC(=O)O)c1. The number of rotatable bonds is 4. The Hall–Kier alpha value is -1.88. The molecular weight excluding hydrogens is 270 g/mol. The van der Waals surface area contributed by atoms with Gasteiger partial charge in [0.25, 0.3) is 0 Å². The maximum atomic E-state index is 12.5. The Morgan fingerprint density at radius 1 is 1.38 bits per heavy atom. The highest BCUT2D eigenvalue weighted by atomic mass is 16.5. The third kappa shape index (κ3) is 4.04. The van der Waals surface area contributed by atoms with Crippen LogP contribution in [-0.4, -0.2) is 47.7 Å². The van der Waals surface area contributed by atoms with Crippen LogP contribution < -0.4 is 0 Å². The molecule has 21 heavy (non-hydrogen) atoms. The number of carboxylic acid groups (broad SMARTS) is 1. The number of hydrogen-bond donors (Lipinski definition) is 1. The lowest BCUT2D eigenvalue weighted by molar-refractivity contribution is -0.145. The fraction of sp³-hybridized carbons (Fsp3) is 0.500. The average Bonchev–Trinajstić information content (AvgIpc) is 2.42. The van der Waals surface area contributed by atoms with Gasteiger partial charge in [0.05, 0.1) is 32.1 Å². The van der Waals surface area contributed by atoms with Crippen LogP contribution in [0.1, 0.15) is 23.1 Å². The molecule has 1 unspecified atom stereocenters. The fourth-order valence-corrected chi connectivity index (χ4v) is 2.61. The molecule has 0 bridgehead atoms. The first kappa shape index (κ1) is 15.5. The van der Waals surface area contributed by atoms with Gasteiger partial charge in [0, 0.05) is 6.54 Å². The van der Waals surface area contributed by atoms with Gasteiger partial charge in [-0.05, 0) is 25.0 Å². The maximum absolute atomic E-state index is 12.5. The van der Waals surface area contributed by atoms with Crippen molar-refractivity contribution in [3.63, 3.8) is 0 Å². The van der Waals surface area contributed by atoms with Crippen molar-refractivity contribution >= 4 is 11.9 Å². The van der Waals surface area contributed by atoms with E-state index in [4.69, 9.17) is 9.84 Å². The largest absolute Gasteiger partial charge is 0.481 e. The summed E-state index contributed by atoms with van der Waals surface area (Å²) in [5.41, 5.74) is 3.20. The van der Waals surface area contributed by atoms with E-state index < -0.39 is 5.97 Å². The van der Waals surface area contributed by atoms with Crippen molar-refractivity contribution in [2.75, 3.05) is 19.8 Å². The summed E-state index contributed by atoms with van der Waals surface area (Å²) in [5.74, 6) is -0.937. The molecule has 1 heterocycles. The predicted molar refractivity (Wildman–Crippen MR) is 78.2 cm³/mol. The van der Waals surface area contributed by atoms with E-state index in [-0.39, 0.29) is 18.4 Å². The first-order valence-corrected chi connectivity index (χ1v) is 7.12. The molecular formula is C16H21NO4. The number of carboxylic acids is 1. The second-order valence-corrected chi connectivity index (χ2v) is 5.52. The van der Waals surface area contributed by atoms with Gasteiger partial charge in [-0.2, -0.15) is 0 Å². The van der Waals surface area contributed by atoms with Gasteiger partial charge in [-0.15, -0.1) is 0 Å². The van der Waals surface area contributed by atoms with Crippen molar-refractivity contribution in [1.29, 1.82) is 0 Å². The van der Waals surface area contributed by atoms with E-state index in [1.165, 1.54) is 0 Å². The maximum Gasteiger partial charge on any atom is 0.305 e. The van der Waals surface area contributed by atoms with Gasteiger partial charge in [0.2, 0.25) is 5.91 Å². The van der Waals surface area contributed by atoms with Crippen molar-refractivity contribution in [3.05, 3.63) is 34.9 Å². The highest BCUT2D eigenvalue weighted by Gasteiger charge is 2.29. The minimum atomic E-state index is -0.907. The van der Waals surface area contributed by atoms with Crippen molar-refractivity contribution in [3.8, 4) is 0 Å². The van der Waals surface area contributed by atoms with Crippen LogP contribution in [0, 0.1) is 13.8 Å². The number of nitrogens with zero attached hydrogens (tertiary/aromatic N) is 1. The van der Waals surface area contributed by atoms with E-state index in [9.17, 15) is 9.59 Å². The van der Waals surface area contributed by atoms with Crippen LogP contribution in [-0.2, 0) is 20.7 Å². The van der Waals surface area contributed by atoms with Gasteiger partial charge in [-0.1, -0.05) is 23.8 Å². The van der Waals surface area contributed by atoms with E-state index in [2.05, 4.69) is 0 Å². The van der Waals surface area contributed by atoms with Crippen LogP contribution >= 0.6 is 0 Å². The highest BCUT2D eigenvalue weighted by Crippen LogP contribution is 2.16.